The second kappa shape index (κ2) is 72.8. The van der Waals surface area contributed by atoms with Crippen LogP contribution in [0.2, 0.25) is 0 Å². The zero-order valence-corrected chi connectivity index (χ0v) is 56.5. The van der Waals surface area contributed by atoms with Crippen LogP contribution in [0.4, 0.5) is 0 Å². The number of aliphatic hydroxyl groups excluding tert-OH is 2. The van der Waals surface area contributed by atoms with Crippen molar-refractivity contribution in [2.75, 3.05) is 13.2 Å². The second-order valence-corrected chi connectivity index (χ2v) is 26.3. The summed E-state index contributed by atoms with van der Waals surface area (Å²) in [7, 11) is 0. The molecule has 1 amide bonds. The van der Waals surface area contributed by atoms with Crippen molar-refractivity contribution >= 4 is 11.9 Å². The van der Waals surface area contributed by atoms with Gasteiger partial charge in [-0.3, -0.25) is 9.59 Å². The van der Waals surface area contributed by atoms with Gasteiger partial charge in [0.2, 0.25) is 5.91 Å². The fraction of sp³-hybridized carbons (Fsp3) is 0.922. The summed E-state index contributed by atoms with van der Waals surface area (Å²) in [6.07, 6.45) is 92.9. The number of aliphatic hydroxyl groups is 2. The van der Waals surface area contributed by atoms with Crippen molar-refractivity contribution in [2.45, 2.75) is 443 Å². The van der Waals surface area contributed by atoms with E-state index in [0.29, 0.717) is 19.4 Å². The highest BCUT2D eigenvalue weighted by Gasteiger charge is 2.18. The van der Waals surface area contributed by atoms with Gasteiger partial charge in [-0.05, 0) is 57.8 Å². The molecule has 492 valence electrons. The molecule has 2 atom stereocenters. The molecule has 0 aliphatic heterocycles. The first-order chi connectivity index (χ1) is 41.0. The topological polar surface area (TPSA) is 95.9 Å². The Balaban J connectivity index is 3.39. The summed E-state index contributed by atoms with van der Waals surface area (Å²) >= 11 is 0. The van der Waals surface area contributed by atoms with Gasteiger partial charge in [0, 0.05) is 12.8 Å². The summed E-state index contributed by atoms with van der Waals surface area (Å²) in [5, 5.41) is 23.3. The molecular weight excluding hydrogens is 1020 g/mol. The number of esters is 1. The largest absolute Gasteiger partial charge is 0.466 e. The Kier molecular flexibility index (Phi) is 71.4. The zero-order valence-electron chi connectivity index (χ0n) is 56.5. The van der Waals surface area contributed by atoms with Crippen molar-refractivity contribution in [3.05, 3.63) is 24.3 Å². The molecule has 2 unspecified atom stereocenters. The maximum atomic E-state index is 12.5. The monoisotopic (exact) mass is 1170 g/mol. The van der Waals surface area contributed by atoms with E-state index in [1.807, 2.05) is 6.08 Å². The molecule has 0 heterocycles. The molecule has 0 aliphatic rings. The van der Waals surface area contributed by atoms with Gasteiger partial charge < -0.3 is 20.3 Å². The Morgan fingerprint density at radius 3 is 0.855 bits per heavy atom. The number of nitrogens with one attached hydrogen (secondary N) is 1. The van der Waals surface area contributed by atoms with Crippen LogP contribution in [-0.4, -0.2) is 47.4 Å². The van der Waals surface area contributed by atoms with Gasteiger partial charge >= 0.3 is 5.97 Å². The van der Waals surface area contributed by atoms with E-state index in [1.54, 1.807) is 6.08 Å². The lowest BCUT2D eigenvalue weighted by Gasteiger charge is -2.20. The quantitative estimate of drug-likeness (QED) is 0.0320. The lowest BCUT2D eigenvalue weighted by Crippen LogP contribution is -2.45. The van der Waals surface area contributed by atoms with E-state index in [1.165, 1.54) is 366 Å². The number of rotatable bonds is 72. The summed E-state index contributed by atoms with van der Waals surface area (Å²) in [6, 6.07) is -0.627. The van der Waals surface area contributed by atoms with Crippen molar-refractivity contribution in [3.8, 4) is 0 Å². The van der Waals surface area contributed by atoms with Crippen LogP contribution < -0.4 is 5.32 Å². The molecule has 0 aromatic heterocycles. The van der Waals surface area contributed by atoms with Crippen LogP contribution in [-0.2, 0) is 14.3 Å². The van der Waals surface area contributed by atoms with Crippen molar-refractivity contribution in [1.82, 2.24) is 5.32 Å². The SMILES string of the molecule is CCCCCCCCCCCCCCCCCCCCCCC/C=C/C(O)C(CO)NC(=O)CCCCCCCCCCCCCCCCC/C=C\CCCCCCCCCCCCCCOC(=O)CCCCCCCCCCCCCC. The average molecular weight is 1170 g/mol. The van der Waals surface area contributed by atoms with Crippen LogP contribution in [0.15, 0.2) is 24.3 Å². The second-order valence-electron chi connectivity index (χ2n) is 26.3. The van der Waals surface area contributed by atoms with Crippen LogP contribution in [0, 0.1) is 0 Å². The smallest absolute Gasteiger partial charge is 0.305 e. The summed E-state index contributed by atoms with van der Waals surface area (Å²) < 4.78 is 5.48. The molecule has 0 bridgehead atoms. The van der Waals surface area contributed by atoms with Gasteiger partial charge in [0.1, 0.15) is 0 Å². The van der Waals surface area contributed by atoms with Gasteiger partial charge in [-0.15, -0.1) is 0 Å². The normalized spacial score (nSPS) is 12.6. The van der Waals surface area contributed by atoms with E-state index in [4.69, 9.17) is 4.74 Å². The van der Waals surface area contributed by atoms with Gasteiger partial charge in [-0.1, -0.05) is 385 Å². The zero-order chi connectivity index (χ0) is 59.9. The molecule has 0 aliphatic carbocycles. The van der Waals surface area contributed by atoms with Crippen molar-refractivity contribution < 1.29 is 24.5 Å². The molecule has 0 rings (SSSR count). The van der Waals surface area contributed by atoms with Crippen molar-refractivity contribution in [2.24, 2.45) is 0 Å². The third-order valence-electron chi connectivity index (χ3n) is 18.0. The van der Waals surface area contributed by atoms with E-state index in [9.17, 15) is 19.8 Å². The Hall–Kier alpha value is -1.66. The van der Waals surface area contributed by atoms with Crippen molar-refractivity contribution in [1.29, 1.82) is 0 Å². The molecule has 0 fully saturated rings. The number of unbranched alkanes of at least 4 members (excludes halogenated alkanes) is 59. The highest BCUT2D eigenvalue weighted by atomic mass is 16.5. The summed E-state index contributed by atoms with van der Waals surface area (Å²) in [5.74, 6) is -0.0420. The molecule has 0 spiro atoms. The number of carbonyl (C=O) groups excluding carboxylic acids is 2. The minimum Gasteiger partial charge on any atom is -0.466 e. The third kappa shape index (κ3) is 69.3. The molecule has 6 heteroatoms. The first-order valence-corrected chi connectivity index (χ1v) is 38.1. The first kappa shape index (κ1) is 81.3. The first-order valence-electron chi connectivity index (χ1n) is 38.1. The van der Waals surface area contributed by atoms with Gasteiger partial charge in [0.25, 0.3) is 0 Å². The highest BCUT2D eigenvalue weighted by molar-refractivity contribution is 5.76. The predicted molar refractivity (Wildman–Crippen MR) is 366 cm³/mol. The number of carbonyl (C=O) groups is 2. The lowest BCUT2D eigenvalue weighted by atomic mass is 10.0. The number of amides is 1. The fourth-order valence-electron chi connectivity index (χ4n) is 12.2. The molecule has 0 aromatic rings. The van der Waals surface area contributed by atoms with Crippen LogP contribution in [0.1, 0.15) is 431 Å². The fourth-order valence-corrected chi connectivity index (χ4v) is 12.2. The van der Waals surface area contributed by atoms with E-state index in [-0.39, 0.29) is 18.5 Å². The van der Waals surface area contributed by atoms with Crippen LogP contribution >= 0.6 is 0 Å². The molecule has 3 N–H and O–H groups in total. The number of allylic oxidation sites excluding steroid dienone is 3. The van der Waals surface area contributed by atoms with E-state index >= 15 is 0 Å². The number of hydrogen-bond donors (Lipinski definition) is 3. The standard InChI is InChI=1S/C77H149NO5/c1-3-5-7-9-11-13-15-17-18-19-20-21-31-34-37-40-43-46-49-53-57-61-65-69-75(80)74(73-79)78-76(81)70-66-62-58-54-50-47-44-41-38-35-32-29-27-25-23-22-24-26-28-30-33-36-39-42-45-48-52-56-60-64-68-72-83-77(82)71-67-63-59-55-51-16-14-12-10-8-6-4-2/h24,26,65,69,74-75,79-80H,3-23,25,27-64,66-68,70-73H2,1-2H3,(H,78,81)/b26-24-,69-65+. The summed E-state index contributed by atoms with van der Waals surface area (Å²) in [4.78, 5) is 24.6. The Morgan fingerprint density at radius 2 is 0.566 bits per heavy atom. The Labute approximate surface area is 520 Å². The van der Waals surface area contributed by atoms with Gasteiger partial charge in [-0.25, -0.2) is 0 Å². The predicted octanol–water partition coefficient (Wildman–Crippen LogP) is 24.9. The van der Waals surface area contributed by atoms with Crippen LogP contribution in [0.5, 0.6) is 0 Å². The molecule has 0 saturated heterocycles. The van der Waals surface area contributed by atoms with E-state index < -0.39 is 12.1 Å². The maximum absolute atomic E-state index is 12.5. The maximum Gasteiger partial charge on any atom is 0.305 e. The molecule has 0 saturated carbocycles. The minimum absolute atomic E-state index is 0.0189. The molecule has 0 aromatic carbocycles. The van der Waals surface area contributed by atoms with E-state index in [2.05, 4.69) is 31.3 Å². The molecule has 83 heavy (non-hydrogen) atoms. The van der Waals surface area contributed by atoms with Gasteiger partial charge in [0.15, 0.2) is 0 Å². The Bertz CT molecular complexity index is 1300. The Morgan fingerprint density at radius 1 is 0.325 bits per heavy atom. The van der Waals surface area contributed by atoms with Crippen molar-refractivity contribution in [3.63, 3.8) is 0 Å². The highest BCUT2D eigenvalue weighted by Crippen LogP contribution is 2.19. The minimum atomic E-state index is -0.844. The van der Waals surface area contributed by atoms with Gasteiger partial charge in [0.05, 0.1) is 25.4 Å². The lowest BCUT2D eigenvalue weighted by molar-refractivity contribution is -0.143. The van der Waals surface area contributed by atoms with Gasteiger partial charge in [-0.2, -0.15) is 0 Å². The average Bonchev–Trinajstić information content (AvgIpc) is 3.49. The van der Waals surface area contributed by atoms with Crippen LogP contribution in [0.25, 0.3) is 0 Å². The van der Waals surface area contributed by atoms with Crippen LogP contribution in [0.3, 0.4) is 0 Å². The summed E-state index contributed by atoms with van der Waals surface area (Å²) in [6.45, 7) is 4.95. The molecule has 6 nitrogen and oxygen atoms in total. The number of ether oxygens (including phenoxy) is 1. The molecular formula is C77H149NO5. The third-order valence-corrected chi connectivity index (χ3v) is 18.0. The molecule has 0 radical (unpaired) electrons. The number of hydrogen-bond acceptors (Lipinski definition) is 5. The summed E-state index contributed by atoms with van der Waals surface area (Å²) in [5.41, 5.74) is 0. The van der Waals surface area contributed by atoms with E-state index in [0.717, 1.165) is 38.5 Å².